The van der Waals surface area contributed by atoms with Crippen LogP contribution in [-0.4, -0.2) is 19.9 Å². The number of H-pyrrole nitrogens is 1. The third-order valence-electron chi connectivity index (χ3n) is 2.96. The van der Waals surface area contributed by atoms with E-state index in [1.54, 1.807) is 12.1 Å². The Morgan fingerprint density at radius 2 is 2.05 bits per heavy atom. The molecule has 0 spiro atoms. The van der Waals surface area contributed by atoms with E-state index in [4.69, 9.17) is 0 Å². The molecule has 0 aliphatic rings. The topological polar surface area (TPSA) is 74.0 Å². The molecule has 3 N–H and O–H groups in total. The van der Waals surface area contributed by atoms with E-state index in [0.29, 0.717) is 12.2 Å². The monoisotopic (exact) mass is 371 g/mol. The Hall–Kier alpha value is -1.31. The minimum atomic E-state index is -3.59. The molecule has 2 rings (SSSR count). The van der Waals surface area contributed by atoms with Crippen LogP contribution in [0.2, 0.25) is 0 Å². The van der Waals surface area contributed by atoms with Gasteiger partial charge in [0, 0.05) is 22.9 Å². The molecule has 0 aliphatic heterocycles. The van der Waals surface area contributed by atoms with Crippen molar-refractivity contribution in [2.75, 3.05) is 11.3 Å². The third-order valence-corrected chi connectivity index (χ3v) is 4.96. The van der Waals surface area contributed by atoms with Gasteiger partial charge in [0.1, 0.15) is 4.90 Å². The number of aryl methyl sites for hydroxylation is 1. The molecule has 5 nitrogen and oxygen atoms in total. The molecule has 21 heavy (non-hydrogen) atoms. The number of halogens is 1. The zero-order chi connectivity index (χ0) is 15.5. The summed E-state index contributed by atoms with van der Waals surface area (Å²) in [6.45, 7) is 5.38. The molecule has 0 aliphatic carbocycles. The Balaban J connectivity index is 2.19. The van der Waals surface area contributed by atoms with Crippen LogP contribution in [0.25, 0.3) is 0 Å². The van der Waals surface area contributed by atoms with E-state index >= 15 is 0 Å². The zero-order valence-electron chi connectivity index (χ0n) is 11.9. The van der Waals surface area contributed by atoms with Gasteiger partial charge in [0.15, 0.2) is 0 Å². The first-order valence-electron chi connectivity index (χ1n) is 6.59. The molecule has 114 valence electrons. The molecule has 1 heterocycles. The second kappa shape index (κ2) is 6.64. The van der Waals surface area contributed by atoms with Crippen molar-refractivity contribution < 1.29 is 8.42 Å². The fourth-order valence-electron chi connectivity index (χ4n) is 1.84. The molecule has 0 atom stereocenters. The van der Waals surface area contributed by atoms with Crippen molar-refractivity contribution in [3.8, 4) is 0 Å². The Labute approximate surface area is 133 Å². The standard InChI is InChI=1S/C14H18BrN3O2S/c1-3-16-8-11-7-12(9-17-11)21(19,20)18-14-5-4-10(2)6-13(14)15/h4-7,9,16-18H,3,8H2,1-2H3. The quantitative estimate of drug-likeness (QED) is 0.730. The molecule has 2 aromatic rings. The first-order chi connectivity index (χ1) is 9.92. The maximum Gasteiger partial charge on any atom is 0.263 e. The molecule has 0 saturated heterocycles. The van der Waals surface area contributed by atoms with Crippen molar-refractivity contribution in [3.63, 3.8) is 0 Å². The summed E-state index contributed by atoms with van der Waals surface area (Å²) < 4.78 is 28.0. The largest absolute Gasteiger partial charge is 0.363 e. The number of hydrogen-bond donors (Lipinski definition) is 3. The number of nitrogens with one attached hydrogen (secondary N) is 3. The van der Waals surface area contributed by atoms with Gasteiger partial charge in [0.25, 0.3) is 10.0 Å². The van der Waals surface area contributed by atoms with Crippen molar-refractivity contribution in [2.45, 2.75) is 25.3 Å². The Bertz CT molecular complexity index is 726. The molecular formula is C14H18BrN3O2S. The molecule has 0 saturated carbocycles. The summed E-state index contributed by atoms with van der Waals surface area (Å²) in [5.41, 5.74) is 2.41. The van der Waals surface area contributed by atoms with Crippen LogP contribution in [0, 0.1) is 6.92 Å². The molecule has 0 amide bonds. The van der Waals surface area contributed by atoms with Gasteiger partial charge in [0.05, 0.1) is 5.69 Å². The van der Waals surface area contributed by atoms with E-state index in [0.717, 1.165) is 22.3 Å². The highest BCUT2D eigenvalue weighted by atomic mass is 79.9. The maximum absolute atomic E-state index is 12.4. The van der Waals surface area contributed by atoms with Crippen molar-refractivity contribution in [2.24, 2.45) is 0 Å². The normalized spacial score (nSPS) is 11.6. The lowest BCUT2D eigenvalue weighted by Gasteiger charge is -2.09. The average Bonchev–Trinajstić information content (AvgIpc) is 2.89. The predicted octanol–water partition coefficient (Wildman–Crippen LogP) is 3.00. The van der Waals surface area contributed by atoms with Crippen molar-refractivity contribution in [1.82, 2.24) is 10.3 Å². The van der Waals surface area contributed by atoms with Crippen LogP contribution >= 0.6 is 15.9 Å². The Kier molecular flexibility index (Phi) is 5.08. The van der Waals surface area contributed by atoms with E-state index in [9.17, 15) is 8.42 Å². The van der Waals surface area contributed by atoms with Gasteiger partial charge in [-0.25, -0.2) is 8.42 Å². The minimum absolute atomic E-state index is 0.225. The Morgan fingerprint density at radius 3 is 2.71 bits per heavy atom. The summed E-state index contributed by atoms with van der Waals surface area (Å²) in [5, 5.41) is 3.14. The SMILES string of the molecule is CCNCc1cc(S(=O)(=O)Nc2ccc(C)cc2Br)c[nH]1. The van der Waals surface area contributed by atoms with Crippen LogP contribution in [0.3, 0.4) is 0 Å². The number of aromatic nitrogens is 1. The van der Waals surface area contributed by atoms with Gasteiger partial charge in [-0.2, -0.15) is 0 Å². The molecular weight excluding hydrogens is 354 g/mol. The van der Waals surface area contributed by atoms with E-state index in [-0.39, 0.29) is 4.90 Å². The summed E-state index contributed by atoms with van der Waals surface area (Å²) in [6.07, 6.45) is 1.50. The molecule has 7 heteroatoms. The van der Waals surface area contributed by atoms with Crippen LogP contribution in [0.1, 0.15) is 18.2 Å². The van der Waals surface area contributed by atoms with Gasteiger partial charge in [0.2, 0.25) is 0 Å². The summed E-state index contributed by atoms with van der Waals surface area (Å²) >= 11 is 3.37. The lowest BCUT2D eigenvalue weighted by Crippen LogP contribution is -2.13. The smallest absolute Gasteiger partial charge is 0.263 e. The van der Waals surface area contributed by atoms with Gasteiger partial charge in [-0.1, -0.05) is 13.0 Å². The number of hydrogen-bond acceptors (Lipinski definition) is 3. The summed E-state index contributed by atoms with van der Waals surface area (Å²) in [5.74, 6) is 0. The van der Waals surface area contributed by atoms with E-state index < -0.39 is 10.0 Å². The fraction of sp³-hybridized carbons (Fsp3) is 0.286. The maximum atomic E-state index is 12.4. The van der Waals surface area contributed by atoms with Gasteiger partial charge in [-0.3, -0.25) is 4.72 Å². The van der Waals surface area contributed by atoms with Crippen LogP contribution in [0.5, 0.6) is 0 Å². The van der Waals surface area contributed by atoms with Crippen LogP contribution in [0.4, 0.5) is 5.69 Å². The summed E-state index contributed by atoms with van der Waals surface area (Å²) in [7, 11) is -3.59. The Morgan fingerprint density at radius 1 is 1.29 bits per heavy atom. The van der Waals surface area contributed by atoms with E-state index in [1.807, 2.05) is 26.0 Å². The molecule has 1 aromatic carbocycles. The predicted molar refractivity (Wildman–Crippen MR) is 87.9 cm³/mol. The number of benzene rings is 1. The van der Waals surface area contributed by atoms with E-state index in [1.165, 1.54) is 6.20 Å². The number of aromatic amines is 1. The lowest BCUT2D eigenvalue weighted by molar-refractivity contribution is 0.601. The van der Waals surface area contributed by atoms with Crippen LogP contribution in [0.15, 0.2) is 39.8 Å². The molecule has 1 aromatic heterocycles. The number of anilines is 1. The minimum Gasteiger partial charge on any atom is -0.363 e. The average molecular weight is 372 g/mol. The highest BCUT2D eigenvalue weighted by Crippen LogP contribution is 2.26. The van der Waals surface area contributed by atoms with Gasteiger partial charge >= 0.3 is 0 Å². The third kappa shape index (κ3) is 4.09. The highest BCUT2D eigenvalue weighted by Gasteiger charge is 2.17. The van der Waals surface area contributed by atoms with Gasteiger partial charge in [-0.15, -0.1) is 0 Å². The first-order valence-corrected chi connectivity index (χ1v) is 8.87. The second-order valence-corrected chi connectivity index (χ2v) is 7.27. The van der Waals surface area contributed by atoms with Crippen LogP contribution in [-0.2, 0) is 16.6 Å². The van der Waals surface area contributed by atoms with Gasteiger partial charge in [-0.05, 0) is 53.2 Å². The second-order valence-electron chi connectivity index (χ2n) is 4.73. The van der Waals surface area contributed by atoms with Crippen LogP contribution < -0.4 is 10.0 Å². The highest BCUT2D eigenvalue weighted by molar-refractivity contribution is 9.10. The van der Waals surface area contributed by atoms with Crippen molar-refractivity contribution >= 4 is 31.6 Å². The van der Waals surface area contributed by atoms with E-state index in [2.05, 4.69) is 31.0 Å². The fourth-order valence-corrected chi connectivity index (χ4v) is 3.66. The van der Waals surface area contributed by atoms with Crippen molar-refractivity contribution in [1.29, 1.82) is 0 Å². The zero-order valence-corrected chi connectivity index (χ0v) is 14.3. The summed E-state index contributed by atoms with van der Waals surface area (Å²) in [6, 6.07) is 7.10. The molecule has 0 radical (unpaired) electrons. The van der Waals surface area contributed by atoms with Gasteiger partial charge < -0.3 is 10.3 Å². The molecule has 0 fully saturated rings. The molecule has 0 unspecified atom stereocenters. The van der Waals surface area contributed by atoms with Crippen molar-refractivity contribution in [3.05, 3.63) is 46.2 Å². The lowest BCUT2D eigenvalue weighted by atomic mass is 10.2. The first kappa shape index (κ1) is 16.1. The molecule has 0 bridgehead atoms. The summed E-state index contributed by atoms with van der Waals surface area (Å²) in [4.78, 5) is 3.19. The number of rotatable bonds is 6. The number of sulfonamides is 1.